The molecule has 0 fully saturated rings. The molecule has 4 aromatic rings. The minimum Gasteiger partial charge on any atom is -0.507 e. The van der Waals surface area contributed by atoms with E-state index in [0.29, 0.717) is 0 Å². The second-order valence-corrected chi connectivity index (χ2v) is 5.47. The lowest BCUT2D eigenvalue weighted by Gasteiger charge is -2.14. The van der Waals surface area contributed by atoms with Crippen molar-refractivity contribution in [1.29, 1.82) is 0 Å². The fourth-order valence-electron chi connectivity index (χ4n) is 3.17. The Kier molecular flexibility index (Phi) is 2.98. The minimum absolute atomic E-state index is 0.146. The molecule has 0 radical (unpaired) electrons. The quantitative estimate of drug-likeness (QED) is 0.435. The van der Waals surface area contributed by atoms with E-state index in [1.807, 2.05) is 42.5 Å². The van der Waals surface area contributed by atoms with Gasteiger partial charge in [-0.25, -0.2) is 4.79 Å². The van der Waals surface area contributed by atoms with Crippen LogP contribution >= 0.6 is 0 Å². The van der Waals surface area contributed by atoms with Gasteiger partial charge in [-0.1, -0.05) is 42.5 Å². The summed E-state index contributed by atoms with van der Waals surface area (Å²) in [4.78, 5) is 11.2. The number of rotatable bonds is 2. The first-order valence-corrected chi connectivity index (χ1v) is 7.28. The molecule has 0 heterocycles. The van der Waals surface area contributed by atoms with Crippen molar-refractivity contribution < 1.29 is 19.4 Å². The Morgan fingerprint density at radius 3 is 2.26 bits per heavy atom. The van der Waals surface area contributed by atoms with Gasteiger partial charge in [-0.3, -0.25) is 0 Å². The third-order valence-electron chi connectivity index (χ3n) is 4.24. The molecule has 0 spiro atoms. The van der Waals surface area contributed by atoms with Crippen molar-refractivity contribution in [3.05, 3.63) is 54.1 Å². The van der Waals surface area contributed by atoms with E-state index in [2.05, 4.69) is 4.74 Å². The summed E-state index contributed by atoms with van der Waals surface area (Å²) in [6.07, 6.45) is -0.701. The summed E-state index contributed by atoms with van der Waals surface area (Å²) in [5, 5.41) is 16.2. The highest BCUT2D eigenvalue weighted by atomic mass is 16.7. The molecular formula is C19H14O4. The summed E-state index contributed by atoms with van der Waals surface area (Å²) in [6, 6.07) is 15.5. The normalized spacial score (nSPS) is 11.3. The molecule has 4 aromatic carbocycles. The lowest BCUT2D eigenvalue weighted by molar-refractivity contribution is 0.0672. The van der Waals surface area contributed by atoms with Crippen molar-refractivity contribution in [3.8, 4) is 5.75 Å². The molecule has 4 heteroatoms. The third-order valence-corrected chi connectivity index (χ3v) is 4.24. The fourth-order valence-corrected chi connectivity index (χ4v) is 3.17. The van der Waals surface area contributed by atoms with E-state index >= 15 is 0 Å². The Bertz CT molecular complexity index is 1040. The van der Waals surface area contributed by atoms with Gasteiger partial charge in [-0.2, -0.15) is 0 Å². The molecule has 4 rings (SSSR count). The molecule has 0 saturated heterocycles. The first-order chi connectivity index (χ1) is 11.2. The van der Waals surface area contributed by atoms with Gasteiger partial charge in [-0.05, 0) is 33.2 Å². The lowest BCUT2D eigenvalue weighted by Crippen LogP contribution is -2.04. The molecule has 0 saturated carbocycles. The summed E-state index contributed by atoms with van der Waals surface area (Å²) in [5.41, 5.74) is 0.903. The molecule has 0 aliphatic rings. The monoisotopic (exact) mass is 306 g/mol. The number of benzene rings is 4. The van der Waals surface area contributed by atoms with E-state index in [9.17, 15) is 9.90 Å². The van der Waals surface area contributed by atoms with E-state index in [1.165, 1.54) is 7.11 Å². The molecule has 0 amide bonds. The van der Waals surface area contributed by atoms with Gasteiger partial charge >= 0.3 is 6.16 Å². The van der Waals surface area contributed by atoms with Crippen LogP contribution in [-0.2, 0) is 16.1 Å². The Morgan fingerprint density at radius 2 is 1.52 bits per heavy atom. The second-order valence-electron chi connectivity index (χ2n) is 5.47. The lowest BCUT2D eigenvalue weighted by atomic mass is 9.92. The predicted octanol–water partition coefficient (Wildman–Crippen LogP) is 4.57. The first kappa shape index (κ1) is 13.6. The smallest absolute Gasteiger partial charge is 0.507 e. The van der Waals surface area contributed by atoms with Gasteiger partial charge < -0.3 is 14.6 Å². The van der Waals surface area contributed by atoms with Crippen LogP contribution in [0.15, 0.2) is 48.5 Å². The predicted molar refractivity (Wildman–Crippen MR) is 89.0 cm³/mol. The highest BCUT2D eigenvalue weighted by Gasteiger charge is 2.13. The average molecular weight is 306 g/mol. The summed E-state index contributed by atoms with van der Waals surface area (Å²) >= 11 is 0. The third kappa shape index (κ3) is 2.03. The van der Waals surface area contributed by atoms with Gasteiger partial charge in [0.1, 0.15) is 12.4 Å². The van der Waals surface area contributed by atoms with Crippen LogP contribution in [0.25, 0.3) is 32.3 Å². The van der Waals surface area contributed by atoms with Gasteiger partial charge in [0.25, 0.3) is 0 Å². The zero-order valence-corrected chi connectivity index (χ0v) is 12.5. The highest BCUT2D eigenvalue weighted by molar-refractivity contribution is 6.24. The number of carbonyl (C=O) groups is 1. The number of aromatic hydroxyl groups is 1. The fraction of sp³-hybridized carbons (Fsp3) is 0.105. The van der Waals surface area contributed by atoms with Gasteiger partial charge in [0.05, 0.1) is 7.11 Å². The topological polar surface area (TPSA) is 55.8 Å². The van der Waals surface area contributed by atoms with Gasteiger partial charge in [0.2, 0.25) is 0 Å². The first-order valence-electron chi connectivity index (χ1n) is 7.28. The van der Waals surface area contributed by atoms with Crippen molar-refractivity contribution >= 4 is 38.5 Å². The largest absolute Gasteiger partial charge is 0.508 e. The van der Waals surface area contributed by atoms with Crippen LogP contribution < -0.4 is 0 Å². The summed E-state index contributed by atoms with van der Waals surface area (Å²) in [7, 11) is 1.29. The second kappa shape index (κ2) is 5.02. The molecule has 0 aliphatic carbocycles. The summed E-state index contributed by atoms with van der Waals surface area (Å²) in [6.45, 7) is 0.146. The van der Waals surface area contributed by atoms with Gasteiger partial charge in [-0.15, -0.1) is 0 Å². The van der Waals surface area contributed by atoms with Crippen LogP contribution in [0.4, 0.5) is 4.79 Å². The van der Waals surface area contributed by atoms with Crippen molar-refractivity contribution in [2.75, 3.05) is 7.11 Å². The van der Waals surface area contributed by atoms with Crippen LogP contribution in [0.2, 0.25) is 0 Å². The summed E-state index contributed by atoms with van der Waals surface area (Å²) in [5.74, 6) is 0.267. The van der Waals surface area contributed by atoms with E-state index in [4.69, 9.17) is 4.74 Å². The number of hydrogen-bond donors (Lipinski definition) is 1. The van der Waals surface area contributed by atoms with Crippen molar-refractivity contribution in [3.63, 3.8) is 0 Å². The maximum absolute atomic E-state index is 11.2. The molecule has 0 bridgehead atoms. The van der Waals surface area contributed by atoms with Crippen LogP contribution in [0.1, 0.15) is 5.56 Å². The molecular weight excluding hydrogens is 292 g/mol. The van der Waals surface area contributed by atoms with E-state index in [1.54, 1.807) is 6.07 Å². The van der Waals surface area contributed by atoms with Crippen LogP contribution in [0.3, 0.4) is 0 Å². The zero-order valence-electron chi connectivity index (χ0n) is 12.5. The van der Waals surface area contributed by atoms with Gasteiger partial charge in [0.15, 0.2) is 0 Å². The minimum atomic E-state index is -0.701. The van der Waals surface area contributed by atoms with E-state index in [-0.39, 0.29) is 12.4 Å². The average Bonchev–Trinajstić information content (AvgIpc) is 2.59. The molecule has 114 valence electrons. The van der Waals surface area contributed by atoms with Crippen molar-refractivity contribution in [2.45, 2.75) is 6.61 Å². The molecule has 0 unspecified atom stereocenters. The summed E-state index contributed by atoms with van der Waals surface area (Å²) < 4.78 is 9.60. The van der Waals surface area contributed by atoms with Crippen LogP contribution in [0.5, 0.6) is 5.75 Å². The number of phenolic OH excluding ortho intramolecular Hbond substituents is 1. The molecule has 1 N–H and O–H groups in total. The zero-order chi connectivity index (χ0) is 16.0. The van der Waals surface area contributed by atoms with Crippen LogP contribution in [0, 0.1) is 0 Å². The molecule has 4 nitrogen and oxygen atoms in total. The number of phenols is 1. The molecule has 0 aliphatic heterocycles. The number of hydrogen-bond acceptors (Lipinski definition) is 4. The molecule has 0 aromatic heterocycles. The van der Waals surface area contributed by atoms with Crippen molar-refractivity contribution in [1.82, 2.24) is 0 Å². The standard InChI is InChI=1S/C19H14O4/c1-22-19(21)23-10-13-3-2-11-5-8-15-16(20)9-6-12-4-7-14(13)17(11)18(12)15/h2-9,20H,10H2,1H3. The van der Waals surface area contributed by atoms with Gasteiger partial charge in [0, 0.05) is 10.8 Å². The SMILES string of the molecule is COC(=O)OCc1ccc2ccc3c(O)ccc4ccc1c2c43. The van der Waals surface area contributed by atoms with E-state index < -0.39 is 6.16 Å². The Labute approximate surface area is 132 Å². The van der Waals surface area contributed by atoms with Crippen LogP contribution in [-0.4, -0.2) is 18.4 Å². The number of carbonyl (C=O) groups excluding carboxylic acids is 1. The highest BCUT2D eigenvalue weighted by Crippen LogP contribution is 2.39. The maximum Gasteiger partial charge on any atom is 0.508 e. The van der Waals surface area contributed by atoms with E-state index in [0.717, 1.165) is 37.9 Å². The number of ether oxygens (including phenoxy) is 2. The Balaban J connectivity index is 2.00. The molecule has 23 heavy (non-hydrogen) atoms. The maximum atomic E-state index is 11.2. The van der Waals surface area contributed by atoms with Crippen molar-refractivity contribution in [2.24, 2.45) is 0 Å². The molecule has 0 atom stereocenters. The number of methoxy groups -OCH3 is 1. The Morgan fingerprint density at radius 1 is 0.913 bits per heavy atom. The Hall–Kier alpha value is -3.01.